The highest BCUT2D eigenvalue weighted by atomic mass is 16.6. The monoisotopic (exact) mass is 368 g/mol. The summed E-state index contributed by atoms with van der Waals surface area (Å²) in [7, 11) is 0. The molecule has 0 aromatic heterocycles. The number of hydrogen-bond acceptors (Lipinski definition) is 8. The fourth-order valence-electron chi connectivity index (χ4n) is 2.47. The third kappa shape index (κ3) is 9.00. The molecule has 0 amide bonds. The van der Waals surface area contributed by atoms with Crippen molar-refractivity contribution in [2.24, 2.45) is 0 Å². The molecule has 4 atom stereocenters. The summed E-state index contributed by atoms with van der Waals surface area (Å²) >= 11 is 0. The molecule has 0 fully saturated rings. The van der Waals surface area contributed by atoms with Crippen LogP contribution in [0.1, 0.15) is 40.5 Å². The standard InChI is InChI=1S/2C9H12O4/c2*1-6(10)12-8-3-4-9(5-8)13-7(2)11/h2*3-4,8-9H,5H2,1-2H3/t2*8-,9+. The number of ether oxygens (including phenoxy) is 4. The third-order valence-corrected chi connectivity index (χ3v) is 3.28. The first kappa shape index (κ1) is 21.4. The molecule has 0 aromatic carbocycles. The van der Waals surface area contributed by atoms with E-state index < -0.39 is 0 Å². The third-order valence-electron chi connectivity index (χ3n) is 3.28. The van der Waals surface area contributed by atoms with Gasteiger partial charge in [-0.3, -0.25) is 19.2 Å². The van der Waals surface area contributed by atoms with Gasteiger partial charge in [0.2, 0.25) is 0 Å². The molecule has 0 saturated carbocycles. The van der Waals surface area contributed by atoms with Gasteiger partial charge in [0.25, 0.3) is 0 Å². The molecule has 0 bridgehead atoms. The first-order valence-electron chi connectivity index (χ1n) is 8.21. The van der Waals surface area contributed by atoms with Crippen molar-refractivity contribution in [3.8, 4) is 0 Å². The van der Waals surface area contributed by atoms with Crippen LogP contribution in [0.2, 0.25) is 0 Å². The topological polar surface area (TPSA) is 105 Å². The maximum Gasteiger partial charge on any atom is 0.303 e. The van der Waals surface area contributed by atoms with Crippen molar-refractivity contribution in [1.82, 2.24) is 0 Å². The summed E-state index contributed by atoms with van der Waals surface area (Å²) in [6.45, 7) is 5.42. The van der Waals surface area contributed by atoms with Crippen molar-refractivity contribution in [2.75, 3.05) is 0 Å². The van der Waals surface area contributed by atoms with Crippen LogP contribution in [0.5, 0.6) is 0 Å². The number of rotatable bonds is 4. The predicted molar refractivity (Wildman–Crippen MR) is 89.7 cm³/mol. The van der Waals surface area contributed by atoms with E-state index in [1.165, 1.54) is 27.7 Å². The van der Waals surface area contributed by atoms with E-state index in [2.05, 4.69) is 0 Å². The molecule has 8 nitrogen and oxygen atoms in total. The van der Waals surface area contributed by atoms with E-state index in [1.807, 2.05) is 0 Å². The van der Waals surface area contributed by atoms with Gasteiger partial charge in [-0.1, -0.05) is 0 Å². The zero-order valence-electron chi connectivity index (χ0n) is 15.3. The summed E-state index contributed by atoms with van der Waals surface area (Å²) in [5, 5.41) is 0. The maximum atomic E-state index is 10.6. The number of hydrogen-bond donors (Lipinski definition) is 0. The van der Waals surface area contributed by atoms with Gasteiger partial charge in [0, 0.05) is 40.5 Å². The average Bonchev–Trinajstić information content (AvgIpc) is 3.07. The zero-order chi connectivity index (χ0) is 19.7. The van der Waals surface area contributed by atoms with Crippen LogP contribution in [-0.2, 0) is 38.1 Å². The lowest BCUT2D eigenvalue weighted by atomic mass is 10.3. The molecule has 0 aromatic rings. The van der Waals surface area contributed by atoms with E-state index in [0.29, 0.717) is 12.8 Å². The number of carbonyl (C=O) groups is 4. The van der Waals surface area contributed by atoms with Crippen LogP contribution in [0.15, 0.2) is 24.3 Å². The second-order valence-corrected chi connectivity index (χ2v) is 5.83. The largest absolute Gasteiger partial charge is 0.458 e. The van der Waals surface area contributed by atoms with Crippen molar-refractivity contribution in [2.45, 2.75) is 65.0 Å². The zero-order valence-corrected chi connectivity index (χ0v) is 15.3. The smallest absolute Gasteiger partial charge is 0.303 e. The molecule has 0 heterocycles. The molecule has 0 saturated heterocycles. The highest BCUT2D eigenvalue weighted by Crippen LogP contribution is 2.18. The Balaban J connectivity index is 0.000000260. The molecule has 2 aliphatic carbocycles. The summed E-state index contributed by atoms with van der Waals surface area (Å²) < 4.78 is 19.6. The van der Waals surface area contributed by atoms with Crippen LogP contribution < -0.4 is 0 Å². The summed E-state index contributed by atoms with van der Waals surface area (Å²) in [6, 6.07) is 0. The van der Waals surface area contributed by atoms with E-state index >= 15 is 0 Å². The van der Waals surface area contributed by atoms with E-state index in [1.54, 1.807) is 24.3 Å². The quantitative estimate of drug-likeness (QED) is 0.419. The van der Waals surface area contributed by atoms with Crippen molar-refractivity contribution in [3.05, 3.63) is 24.3 Å². The van der Waals surface area contributed by atoms with E-state index in [-0.39, 0.29) is 48.3 Å². The van der Waals surface area contributed by atoms with Gasteiger partial charge in [0.05, 0.1) is 0 Å². The van der Waals surface area contributed by atoms with Crippen LogP contribution >= 0.6 is 0 Å². The van der Waals surface area contributed by atoms with Gasteiger partial charge in [-0.2, -0.15) is 0 Å². The van der Waals surface area contributed by atoms with Crippen LogP contribution in [-0.4, -0.2) is 48.3 Å². The van der Waals surface area contributed by atoms with Gasteiger partial charge in [0.1, 0.15) is 24.4 Å². The summed E-state index contributed by atoms with van der Waals surface area (Å²) in [4.78, 5) is 42.3. The highest BCUT2D eigenvalue weighted by Gasteiger charge is 2.23. The molecule has 8 heteroatoms. The maximum absolute atomic E-state index is 10.6. The minimum atomic E-state index is -0.321. The second-order valence-electron chi connectivity index (χ2n) is 5.83. The normalized spacial score (nSPS) is 25.7. The van der Waals surface area contributed by atoms with Gasteiger partial charge < -0.3 is 18.9 Å². The van der Waals surface area contributed by atoms with Gasteiger partial charge in [-0.25, -0.2) is 0 Å². The molecule has 0 aliphatic heterocycles. The summed E-state index contributed by atoms with van der Waals surface area (Å²) in [5.74, 6) is -1.28. The highest BCUT2D eigenvalue weighted by molar-refractivity contribution is 5.68. The Morgan fingerprint density at radius 1 is 0.538 bits per heavy atom. The number of esters is 4. The molecule has 144 valence electrons. The summed E-state index contributed by atoms with van der Waals surface area (Å²) in [5.41, 5.74) is 0. The van der Waals surface area contributed by atoms with Crippen LogP contribution in [0, 0.1) is 0 Å². The molecular weight excluding hydrogens is 344 g/mol. The lowest BCUT2D eigenvalue weighted by Gasteiger charge is -2.11. The van der Waals surface area contributed by atoms with Crippen molar-refractivity contribution >= 4 is 23.9 Å². The lowest BCUT2D eigenvalue weighted by Crippen LogP contribution is -2.17. The van der Waals surface area contributed by atoms with Crippen molar-refractivity contribution in [1.29, 1.82) is 0 Å². The Kier molecular flexibility index (Phi) is 8.54. The molecule has 0 unspecified atom stereocenters. The fourth-order valence-corrected chi connectivity index (χ4v) is 2.47. The molecule has 0 spiro atoms. The molecule has 2 aliphatic rings. The molecule has 0 N–H and O–H groups in total. The van der Waals surface area contributed by atoms with Crippen LogP contribution in [0.3, 0.4) is 0 Å². The molecule has 2 rings (SSSR count). The van der Waals surface area contributed by atoms with Gasteiger partial charge >= 0.3 is 23.9 Å². The fraction of sp³-hybridized carbons (Fsp3) is 0.556. The SMILES string of the molecule is CC(=O)O[C@@H]1C=C[C@H](OC(C)=O)C1.CC(=O)O[C@@H]1C=C[C@H](OC(C)=O)C1. The second kappa shape index (κ2) is 10.4. The Labute approximate surface area is 152 Å². The minimum absolute atomic E-state index is 0.248. The van der Waals surface area contributed by atoms with Crippen LogP contribution in [0.25, 0.3) is 0 Å². The van der Waals surface area contributed by atoms with Crippen LogP contribution in [0.4, 0.5) is 0 Å². The molecular formula is C18H24O8. The van der Waals surface area contributed by atoms with E-state index in [0.717, 1.165) is 0 Å². The predicted octanol–water partition coefficient (Wildman–Crippen LogP) is 1.62. The first-order chi connectivity index (χ1) is 12.2. The summed E-state index contributed by atoms with van der Waals surface area (Å²) in [6.07, 6.45) is 6.99. The van der Waals surface area contributed by atoms with Gasteiger partial charge in [0.15, 0.2) is 0 Å². The van der Waals surface area contributed by atoms with Gasteiger partial charge in [-0.15, -0.1) is 0 Å². The minimum Gasteiger partial charge on any atom is -0.458 e. The Bertz CT molecular complexity index is 492. The van der Waals surface area contributed by atoms with E-state index in [4.69, 9.17) is 18.9 Å². The van der Waals surface area contributed by atoms with E-state index in [9.17, 15) is 19.2 Å². The lowest BCUT2D eigenvalue weighted by molar-refractivity contribution is -0.149. The number of carbonyl (C=O) groups excluding carboxylic acids is 4. The molecule has 0 radical (unpaired) electrons. The van der Waals surface area contributed by atoms with Gasteiger partial charge in [-0.05, 0) is 24.3 Å². The Hall–Kier alpha value is -2.64. The Morgan fingerprint density at radius 2 is 0.731 bits per heavy atom. The van der Waals surface area contributed by atoms with Crippen molar-refractivity contribution < 1.29 is 38.1 Å². The van der Waals surface area contributed by atoms with Crippen molar-refractivity contribution in [3.63, 3.8) is 0 Å². The molecule has 26 heavy (non-hydrogen) atoms. The average molecular weight is 368 g/mol. The Morgan fingerprint density at radius 3 is 0.885 bits per heavy atom. The first-order valence-corrected chi connectivity index (χ1v) is 8.21.